The van der Waals surface area contributed by atoms with Crippen LogP contribution in [0.3, 0.4) is 0 Å². The van der Waals surface area contributed by atoms with E-state index in [9.17, 15) is 9.59 Å². The third kappa shape index (κ3) is 4.31. The maximum atomic E-state index is 13.4. The normalized spacial score (nSPS) is 17.5. The average molecular weight is 427 g/mol. The van der Waals surface area contributed by atoms with Crippen molar-refractivity contribution >= 4 is 23.2 Å². The monoisotopic (exact) mass is 426 g/mol. The SMILES string of the molecule is CCCCC(=O)N(c1ccccc1)[C@H]1C[C@@H](C)N(C(=O)c2ccccc2)c2ccccc21. The second-order valence-corrected chi connectivity index (χ2v) is 8.40. The van der Waals surface area contributed by atoms with Crippen LogP contribution in [-0.4, -0.2) is 17.9 Å². The summed E-state index contributed by atoms with van der Waals surface area (Å²) in [6, 6.07) is 27.2. The highest BCUT2D eigenvalue weighted by Crippen LogP contribution is 2.43. The molecule has 0 saturated carbocycles. The number of carbonyl (C=O) groups is 2. The van der Waals surface area contributed by atoms with Crippen LogP contribution in [0.2, 0.25) is 0 Å². The largest absolute Gasteiger partial charge is 0.305 e. The maximum absolute atomic E-state index is 13.4. The van der Waals surface area contributed by atoms with Gasteiger partial charge in [0.2, 0.25) is 5.91 Å². The van der Waals surface area contributed by atoms with Gasteiger partial charge in [0.15, 0.2) is 0 Å². The predicted molar refractivity (Wildman–Crippen MR) is 130 cm³/mol. The molecule has 0 fully saturated rings. The van der Waals surface area contributed by atoms with E-state index in [1.807, 2.05) is 88.7 Å². The first kappa shape index (κ1) is 21.8. The summed E-state index contributed by atoms with van der Waals surface area (Å²) in [5, 5.41) is 0. The van der Waals surface area contributed by atoms with E-state index in [-0.39, 0.29) is 23.9 Å². The maximum Gasteiger partial charge on any atom is 0.258 e. The molecule has 164 valence electrons. The van der Waals surface area contributed by atoms with Gasteiger partial charge in [-0.15, -0.1) is 0 Å². The number of amides is 2. The van der Waals surface area contributed by atoms with E-state index in [4.69, 9.17) is 0 Å². The van der Waals surface area contributed by atoms with Gasteiger partial charge < -0.3 is 9.80 Å². The van der Waals surface area contributed by atoms with Crippen LogP contribution < -0.4 is 9.80 Å². The molecule has 4 heteroatoms. The number of nitrogens with zero attached hydrogens (tertiary/aromatic N) is 2. The number of benzene rings is 3. The fourth-order valence-electron chi connectivity index (χ4n) is 4.59. The van der Waals surface area contributed by atoms with Gasteiger partial charge in [-0.05, 0) is 55.7 Å². The van der Waals surface area contributed by atoms with Crippen LogP contribution in [0.4, 0.5) is 11.4 Å². The second kappa shape index (κ2) is 9.82. The molecular weight excluding hydrogens is 396 g/mol. The van der Waals surface area contributed by atoms with E-state index < -0.39 is 0 Å². The lowest BCUT2D eigenvalue weighted by molar-refractivity contribution is -0.119. The van der Waals surface area contributed by atoms with Gasteiger partial charge >= 0.3 is 0 Å². The van der Waals surface area contributed by atoms with E-state index in [0.717, 1.165) is 29.8 Å². The zero-order valence-electron chi connectivity index (χ0n) is 18.8. The lowest BCUT2D eigenvalue weighted by atomic mass is 9.89. The number of rotatable bonds is 6. The molecule has 1 aliphatic heterocycles. The smallest absolute Gasteiger partial charge is 0.258 e. The number of unbranched alkanes of at least 4 members (excludes halogenated alkanes) is 1. The predicted octanol–water partition coefficient (Wildman–Crippen LogP) is 6.39. The van der Waals surface area contributed by atoms with Crippen LogP contribution in [0.25, 0.3) is 0 Å². The van der Waals surface area contributed by atoms with Crippen molar-refractivity contribution < 1.29 is 9.59 Å². The fourth-order valence-corrected chi connectivity index (χ4v) is 4.59. The molecule has 1 heterocycles. The van der Waals surface area contributed by atoms with Crippen molar-refractivity contribution in [2.24, 2.45) is 0 Å². The van der Waals surface area contributed by atoms with Gasteiger partial charge in [0.1, 0.15) is 0 Å². The Bertz CT molecular complexity index is 1070. The van der Waals surface area contributed by atoms with Crippen molar-refractivity contribution in [1.82, 2.24) is 0 Å². The summed E-state index contributed by atoms with van der Waals surface area (Å²) in [6.45, 7) is 4.18. The highest BCUT2D eigenvalue weighted by Gasteiger charge is 2.38. The van der Waals surface area contributed by atoms with Gasteiger partial charge in [-0.2, -0.15) is 0 Å². The van der Waals surface area contributed by atoms with Gasteiger partial charge in [0.25, 0.3) is 5.91 Å². The molecule has 32 heavy (non-hydrogen) atoms. The molecule has 4 nitrogen and oxygen atoms in total. The number of anilines is 2. The van der Waals surface area contributed by atoms with Gasteiger partial charge in [0, 0.05) is 29.4 Å². The van der Waals surface area contributed by atoms with E-state index in [0.29, 0.717) is 18.4 Å². The third-order valence-electron chi connectivity index (χ3n) is 6.16. The van der Waals surface area contributed by atoms with Crippen LogP contribution in [0.1, 0.15) is 61.5 Å². The van der Waals surface area contributed by atoms with E-state index in [1.165, 1.54) is 0 Å². The molecule has 2 amide bonds. The van der Waals surface area contributed by atoms with Crippen molar-refractivity contribution in [1.29, 1.82) is 0 Å². The molecule has 0 radical (unpaired) electrons. The molecule has 0 spiro atoms. The van der Waals surface area contributed by atoms with Gasteiger partial charge in [-0.25, -0.2) is 0 Å². The molecule has 0 aliphatic carbocycles. The Kier molecular flexibility index (Phi) is 6.69. The van der Waals surface area contributed by atoms with E-state index >= 15 is 0 Å². The number of hydrogen-bond donors (Lipinski definition) is 0. The van der Waals surface area contributed by atoms with Crippen molar-refractivity contribution in [2.45, 2.75) is 51.6 Å². The molecule has 4 rings (SSSR count). The topological polar surface area (TPSA) is 40.6 Å². The Morgan fingerprint density at radius 3 is 2.22 bits per heavy atom. The minimum absolute atomic E-state index is 0.00688. The minimum atomic E-state index is -0.118. The van der Waals surface area contributed by atoms with Crippen molar-refractivity contribution in [2.75, 3.05) is 9.80 Å². The van der Waals surface area contributed by atoms with Crippen molar-refractivity contribution in [3.05, 3.63) is 96.1 Å². The molecule has 3 aromatic rings. The standard InChI is InChI=1S/C28H30N2O2/c1-3-4-19-27(31)30(23-15-9-6-10-16-23)26-20-21(2)29(25-18-12-11-17-24(25)26)28(32)22-13-7-5-8-14-22/h5-18,21,26H,3-4,19-20H2,1-2H3/t21-,26+/m1/s1. The summed E-state index contributed by atoms with van der Waals surface area (Å²) in [4.78, 5) is 30.7. The average Bonchev–Trinajstić information content (AvgIpc) is 2.84. The van der Waals surface area contributed by atoms with Crippen LogP contribution in [0, 0.1) is 0 Å². The molecule has 0 unspecified atom stereocenters. The molecule has 2 atom stereocenters. The van der Waals surface area contributed by atoms with Crippen molar-refractivity contribution in [3.8, 4) is 0 Å². The first-order valence-corrected chi connectivity index (χ1v) is 11.5. The Balaban J connectivity index is 1.77. The van der Waals surface area contributed by atoms with Crippen LogP contribution in [-0.2, 0) is 4.79 Å². The summed E-state index contributed by atoms with van der Waals surface area (Å²) in [5.41, 5.74) is 3.48. The number of carbonyl (C=O) groups excluding carboxylic acids is 2. The van der Waals surface area contributed by atoms with E-state index in [1.54, 1.807) is 0 Å². The Hall–Kier alpha value is -3.40. The molecule has 0 aromatic heterocycles. The van der Waals surface area contributed by atoms with E-state index in [2.05, 4.69) is 19.9 Å². The second-order valence-electron chi connectivity index (χ2n) is 8.40. The summed E-state index contributed by atoms with van der Waals surface area (Å²) in [5.74, 6) is 0.125. The summed E-state index contributed by atoms with van der Waals surface area (Å²) in [6.07, 6.45) is 3.05. The molecule has 0 saturated heterocycles. The van der Waals surface area contributed by atoms with Crippen molar-refractivity contribution in [3.63, 3.8) is 0 Å². The van der Waals surface area contributed by atoms with Gasteiger partial charge in [-0.1, -0.05) is 67.9 Å². The lowest BCUT2D eigenvalue weighted by Gasteiger charge is -2.43. The fraction of sp³-hybridized carbons (Fsp3) is 0.286. The molecule has 0 bridgehead atoms. The highest BCUT2D eigenvalue weighted by molar-refractivity contribution is 6.07. The number of fused-ring (bicyclic) bond motifs is 1. The Labute approximate surface area is 190 Å². The highest BCUT2D eigenvalue weighted by atomic mass is 16.2. The molecule has 3 aromatic carbocycles. The van der Waals surface area contributed by atoms with Gasteiger partial charge in [-0.3, -0.25) is 9.59 Å². The molecular formula is C28H30N2O2. The summed E-state index contributed by atoms with van der Waals surface area (Å²) < 4.78 is 0. The minimum Gasteiger partial charge on any atom is -0.305 e. The Morgan fingerprint density at radius 1 is 0.906 bits per heavy atom. The first-order valence-electron chi connectivity index (χ1n) is 11.5. The lowest BCUT2D eigenvalue weighted by Crippen LogP contribution is -2.47. The quantitative estimate of drug-likeness (QED) is 0.458. The van der Waals surface area contributed by atoms with Crippen LogP contribution in [0.15, 0.2) is 84.9 Å². The van der Waals surface area contributed by atoms with Crippen LogP contribution >= 0.6 is 0 Å². The third-order valence-corrected chi connectivity index (χ3v) is 6.16. The zero-order chi connectivity index (χ0) is 22.5. The van der Waals surface area contributed by atoms with Crippen LogP contribution in [0.5, 0.6) is 0 Å². The summed E-state index contributed by atoms with van der Waals surface area (Å²) >= 11 is 0. The van der Waals surface area contributed by atoms with Gasteiger partial charge in [0.05, 0.1) is 6.04 Å². The number of hydrogen-bond acceptors (Lipinski definition) is 2. The zero-order valence-corrected chi connectivity index (χ0v) is 18.8. The summed E-state index contributed by atoms with van der Waals surface area (Å²) in [7, 11) is 0. The molecule has 0 N–H and O–H groups in total. The first-order chi connectivity index (χ1) is 15.6. The Morgan fingerprint density at radius 2 is 1.53 bits per heavy atom. The molecule has 1 aliphatic rings. The number of para-hydroxylation sites is 2.